The third kappa shape index (κ3) is 3.40. The van der Waals surface area contributed by atoms with E-state index in [-0.39, 0.29) is 12.6 Å². The molecule has 0 saturated heterocycles. The number of rotatable bonds is 5. The standard InChI is InChI=1S/C22H21NO5S/c24-21(22(7-1-2-8-22)20-4-3-11-29-20)27-14-16-13-18(28-23-16)15-5-6-17-19(12-15)26-10-9-25-17/h3-6,11-13H,1-2,7-10,14H2. The van der Waals surface area contributed by atoms with Crippen molar-refractivity contribution >= 4 is 17.3 Å². The van der Waals surface area contributed by atoms with Gasteiger partial charge in [-0.25, -0.2) is 0 Å². The third-order valence-electron chi connectivity index (χ3n) is 5.58. The van der Waals surface area contributed by atoms with Crippen LogP contribution in [0.4, 0.5) is 0 Å². The van der Waals surface area contributed by atoms with Crippen LogP contribution in [0.25, 0.3) is 11.3 Å². The Kier molecular flexibility index (Phi) is 4.75. The Morgan fingerprint density at radius 1 is 1.10 bits per heavy atom. The topological polar surface area (TPSA) is 70.8 Å². The first-order valence-electron chi connectivity index (χ1n) is 9.81. The molecule has 150 valence electrons. The lowest BCUT2D eigenvalue weighted by Gasteiger charge is -2.25. The second kappa shape index (κ2) is 7.55. The molecule has 2 aromatic heterocycles. The number of hydrogen-bond donors (Lipinski definition) is 0. The number of ether oxygens (including phenoxy) is 3. The summed E-state index contributed by atoms with van der Waals surface area (Å²) in [7, 11) is 0. The average molecular weight is 411 g/mol. The van der Waals surface area contributed by atoms with Crippen LogP contribution in [0.15, 0.2) is 46.3 Å². The van der Waals surface area contributed by atoms with Crippen LogP contribution >= 0.6 is 11.3 Å². The molecule has 5 rings (SSSR count). The summed E-state index contributed by atoms with van der Waals surface area (Å²) in [5.74, 6) is 1.85. The zero-order chi connectivity index (χ0) is 19.7. The lowest BCUT2D eigenvalue weighted by Crippen LogP contribution is -2.33. The molecule has 1 saturated carbocycles. The summed E-state index contributed by atoms with van der Waals surface area (Å²) >= 11 is 1.62. The zero-order valence-corrected chi connectivity index (χ0v) is 16.7. The molecule has 3 aromatic rings. The molecule has 6 nitrogen and oxygen atoms in total. The van der Waals surface area contributed by atoms with Crippen LogP contribution in [-0.2, 0) is 21.6 Å². The maximum absolute atomic E-state index is 13.0. The van der Waals surface area contributed by atoms with E-state index in [0.717, 1.165) is 41.9 Å². The molecule has 0 atom stereocenters. The van der Waals surface area contributed by atoms with E-state index >= 15 is 0 Å². The van der Waals surface area contributed by atoms with Gasteiger partial charge in [-0.1, -0.05) is 24.1 Å². The Hall–Kier alpha value is -2.80. The van der Waals surface area contributed by atoms with Crippen LogP contribution in [0.2, 0.25) is 0 Å². The van der Waals surface area contributed by atoms with Crippen molar-refractivity contribution in [1.82, 2.24) is 5.16 Å². The molecule has 0 spiro atoms. The van der Waals surface area contributed by atoms with Crippen molar-refractivity contribution in [2.24, 2.45) is 0 Å². The predicted molar refractivity (Wildman–Crippen MR) is 107 cm³/mol. The predicted octanol–water partition coefficient (Wildman–Crippen LogP) is 4.73. The van der Waals surface area contributed by atoms with Gasteiger partial charge in [-0.05, 0) is 42.5 Å². The molecule has 2 aliphatic rings. The number of carbonyl (C=O) groups is 1. The van der Waals surface area contributed by atoms with Crippen molar-refractivity contribution in [2.45, 2.75) is 37.7 Å². The number of aromatic nitrogens is 1. The number of benzene rings is 1. The van der Waals surface area contributed by atoms with E-state index in [2.05, 4.69) is 5.16 Å². The number of hydrogen-bond acceptors (Lipinski definition) is 7. The summed E-state index contributed by atoms with van der Waals surface area (Å²) in [6, 6.07) is 11.4. The summed E-state index contributed by atoms with van der Waals surface area (Å²) < 4.78 is 22.3. The first-order chi connectivity index (χ1) is 14.2. The normalized spacial score (nSPS) is 17.2. The van der Waals surface area contributed by atoms with Crippen molar-refractivity contribution in [2.75, 3.05) is 13.2 Å². The zero-order valence-electron chi connectivity index (χ0n) is 15.9. The van der Waals surface area contributed by atoms with Crippen LogP contribution in [0.5, 0.6) is 11.5 Å². The average Bonchev–Trinajstić information content (AvgIpc) is 3.53. The van der Waals surface area contributed by atoms with E-state index < -0.39 is 5.41 Å². The van der Waals surface area contributed by atoms with Gasteiger partial charge in [-0.2, -0.15) is 0 Å². The Morgan fingerprint density at radius 3 is 2.72 bits per heavy atom. The minimum absolute atomic E-state index is 0.0972. The summed E-state index contributed by atoms with van der Waals surface area (Å²) in [6.45, 7) is 1.18. The van der Waals surface area contributed by atoms with E-state index in [1.165, 1.54) is 0 Å². The van der Waals surface area contributed by atoms with Crippen molar-refractivity contribution in [1.29, 1.82) is 0 Å². The summed E-state index contributed by atoms with van der Waals surface area (Å²) in [6.07, 6.45) is 3.78. The van der Waals surface area contributed by atoms with Crippen LogP contribution in [0.1, 0.15) is 36.3 Å². The highest BCUT2D eigenvalue weighted by Crippen LogP contribution is 2.44. The van der Waals surface area contributed by atoms with E-state index in [9.17, 15) is 4.79 Å². The number of nitrogens with zero attached hydrogens (tertiary/aromatic N) is 1. The highest BCUT2D eigenvalue weighted by atomic mass is 32.1. The van der Waals surface area contributed by atoms with Gasteiger partial charge < -0.3 is 18.7 Å². The van der Waals surface area contributed by atoms with E-state index in [1.807, 2.05) is 35.7 Å². The third-order valence-corrected chi connectivity index (χ3v) is 6.65. The Labute approximate surface area is 172 Å². The number of fused-ring (bicyclic) bond motifs is 1. The fourth-order valence-electron chi connectivity index (χ4n) is 4.07. The van der Waals surface area contributed by atoms with Gasteiger partial charge in [0, 0.05) is 16.5 Å². The quantitative estimate of drug-likeness (QED) is 0.565. The number of thiophene rings is 1. The van der Waals surface area contributed by atoms with Crippen molar-refractivity contribution in [3.63, 3.8) is 0 Å². The van der Waals surface area contributed by atoms with Gasteiger partial charge in [0.15, 0.2) is 17.3 Å². The van der Waals surface area contributed by atoms with E-state index in [4.69, 9.17) is 18.7 Å². The largest absolute Gasteiger partial charge is 0.486 e. The molecule has 0 N–H and O–H groups in total. The van der Waals surface area contributed by atoms with Crippen molar-refractivity contribution in [3.8, 4) is 22.8 Å². The maximum atomic E-state index is 13.0. The molecule has 7 heteroatoms. The molecule has 1 aliphatic carbocycles. The van der Waals surface area contributed by atoms with Crippen LogP contribution in [-0.4, -0.2) is 24.3 Å². The highest BCUT2D eigenvalue weighted by Gasteiger charge is 2.45. The van der Waals surface area contributed by atoms with Gasteiger partial charge in [0.1, 0.15) is 30.9 Å². The van der Waals surface area contributed by atoms with Crippen LogP contribution in [0, 0.1) is 0 Å². The van der Waals surface area contributed by atoms with E-state index in [1.54, 1.807) is 17.4 Å². The molecule has 1 aromatic carbocycles. The van der Waals surface area contributed by atoms with Crippen molar-refractivity contribution in [3.05, 3.63) is 52.3 Å². The van der Waals surface area contributed by atoms with Gasteiger partial charge in [0.05, 0.1) is 0 Å². The van der Waals surface area contributed by atoms with Gasteiger partial charge in [-0.15, -0.1) is 11.3 Å². The molecule has 0 unspecified atom stereocenters. The minimum atomic E-state index is -0.503. The monoisotopic (exact) mass is 411 g/mol. The SMILES string of the molecule is O=C(OCc1cc(-c2ccc3c(c2)OCCO3)on1)C1(c2cccs2)CCCC1. The van der Waals surface area contributed by atoms with Gasteiger partial charge in [0.2, 0.25) is 0 Å². The Morgan fingerprint density at radius 2 is 1.93 bits per heavy atom. The van der Waals surface area contributed by atoms with Gasteiger partial charge in [0.25, 0.3) is 0 Å². The Balaban J connectivity index is 1.29. The number of esters is 1. The van der Waals surface area contributed by atoms with Crippen LogP contribution < -0.4 is 9.47 Å². The molecule has 1 fully saturated rings. The lowest BCUT2D eigenvalue weighted by molar-refractivity contribution is -0.152. The lowest BCUT2D eigenvalue weighted by atomic mass is 9.84. The fourth-order valence-corrected chi connectivity index (χ4v) is 5.04. The minimum Gasteiger partial charge on any atom is -0.486 e. The molecule has 29 heavy (non-hydrogen) atoms. The molecule has 1 aliphatic heterocycles. The fraction of sp³-hybridized carbons (Fsp3) is 0.364. The molecular formula is C22H21NO5S. The number of carbonyl (C=O) groups excluding carboxylic acids is 1. The maximum Gasteiger partial charge on any atom is 0.317 e. The molecule has 0 amide bonds. The molecule has 0 bridgehead atoms. The molecule has 3 heterocycles. The second-order valence-corrected chi connectivity index (χ2v) is 8.33. The Bertz CT molecular complexity index is 1000. The van der Waals surface area contributed by atoms with Crippen molar-refractivity contribution < 1.29 is 23.5 Å². The summed E-state index contributed by atoms with van der Waals surface area (Å²) in [5, 5.41) is 6.08. The second-order valence-electron chi connectivity index (χ2n) is 7.38. The smallest absolute Gasteiger partial charge is 0.317 e. The van der Waals surface area contributed by atoms with Gasteiger partial charge in [-0.3, -0.25) is 4.79 Å². The first kappa shape index (κ1) is 18.2. The van der Waals surface area contributed by atoms with Gasteiger partial charge >= 0.3 is 5.97 Å². The highest BCUT2D eigenvalue weighted by molar-refractivity contribution is 7.10. The molecular weight excluding hydrogens is 390 g/mol. The van der Waals surface area contributed by atoms with E-state index in [0.29, 0.717) is 30.4 Å². The van der Waals surface area contributed by atoms with Crippen LogP contribution in [0.3, 0.4) is 0 Å². The summed E-state index contributed by atoms with van der Waals surface area (Å²) in [5.41, 5.74) is 0.920. The molecule has 0 radical (unpaired) electrons. The first-order valence-corrected chi connectivity index (χ1v) is 10.7. The summed E-state index contributed by atoms with van der Waals surface area (Å²) in [4.78, 5) is 14.1.